The number of nitrogens with one attached hydrogen (secondary N) is 1. The summed E-state index contributed by atoms with van der Waals surface area (Å²) in [5.41, 5.74) is 0.755. The summed E-state index contributed by atoms with van der Waals surface area (Å²) in [5, 5.41) is 11.7. The van der Waals surface area contributed by atoms with Gasteiger partial charge in [0.15, 0.2) is 0 Å². The Bertz CT molecular complexity index is 579. The molecule has 124 valence electrons. The van der Waals surface area contributed by atoms with Gasteiger partial charge in [-0.2, -0.15) is 11.8 Å². The average Bonchev–Trinajstić information content (AvgIpc) is 2.93. The van der Waals surface area contributed by atoms with Gasteiger partial charge in [0, 0.05) is 18.7 Å². The lowest BCUT2D eigenvalue weighted by Crippen LogP contribution is -2.44. The molecule has 0 radical (unpaired) electrons. The number of para-hydroxylation sites is 1. The third-order valence-electron chi connectivity index (χ3n) is 3.79. The summed E-state index contributed by atoms with van der Waals surface area (Å²) in [6, 6.07) is 8.25. The Hall–Kier alpha value is -2.02. The first kappa shape index (κ1) is 17.3. The van der Waals surface area contributed by atoms with Gasteiger partial charge in [-0.1, -0.05) is 18.2 Å². The van der Waals surface area contributed by atoms with E-state index in [9.17, 15) is 19.5 Å². The molecule has 1 aromatic carbocycles. The van der Waals surface area contributed by atoms with E-state index in [1.165, 1.54) is 11.8 Å². The third-order valence-corrected chi connectivity index (χ3v) is 4.43. The summed E-state index contributed by atoms with van der Waals surface area (Å²) in [6.07, 6.45) is 2.36. The van der Waals surface area contributed by atoms with Gasteiger partial charge in [0.25, 0.3) is 0 Å². The number of carbonyl (C=O) groups excluding carboxylic acids is 2. The third kappa shape index (κ3) is 4.48. The SMILES string of the molecule is CSCC[C@@H](NC(=O)C1CC(=O)N(c2ccccc2)C1)C(=O)O. The standard InChI is InChI=1S/C16H20N2O4S/c1-23-8-7-13(16(21)22)17-15(20)11-9-14(19)18(10-11)12-5-3-2-4-6-12/h2-6,11,13H,7-10H2,1H3,(H,17,20)(H,21,22)/t11?,13-/m1/s1. The lowest BCUT2D eigenvalue weighted by molar-refractivity contribution is -0.142. The molecule has 2 N–H and O–H groups in total. The second-order valence-electron chi connectivity index (χ2n) is 5.42. The lowest BCUT2D eigenvalue weighted by atomic mass is 10.1. The molecule has 2 atom stereocenters. The van der Waals surface area contributed by atoms with Crippen molar-refractivity contribution in [3.05, 3.63) is 30.3 Å². The molecule has 2 rings (SSSR count). The molecule has 0 saturated carbocycles. The summed E-state index contributed by atoms with van der Waals surface area (Å²) < 4.78 is 0. The lowest BCUT2D eigenvalue weighted by Gasteiger charge is -2.18. The van der Waals surface area contributed by atoms with Crippen molar-refractivity contribution in [3.63, 3.8) is 0 Å². The second kappa shape index (κ2) is 8.01. The van der Waals surface area contributed by atoms with Gasteiger partial charge in [-0.05, 0) is 30.6 Å². The minimum Gasteiger partial charge on any atom is -0.480 e. The predicted molar refractivity (Wildman–Crippen MR) is 89.5 cm³/mol. The normalized spacial score (nSPS) is 18.7. The maximum atomic E-state index is 12.3. The highest BCUT2D eigenvalue weighted by molar-refractivity contribution is 7.98. The summed E-state index contributed by atoms with van der Waals surface area (Å²) in [7, 11) is 0. The fourth-order valence-corrected chi connectivity index (χ4v) is 2.99. The van der Waals surface area contributed by atoms with Crippen molar-refractivity contribution in [2.24, 2.45) is 5.92 Å². The van der Waals surface area contributed by atoms with E-state index in [4.69, 9.17) is 0 Å². The van der Waals surface area contributed by atoms with E-state index in [0.717, 1.165) is 5.69 Å². The Balaban J connectivity index is 1.98. The summed E-state index contributed by atoms with van der Waals surface area (Å²) >= 11 is 1.53. The largest absolute Gasteiger partial charge is 0.480 e. The van der Waals surface area contributed by atoms with Crippen LogP contribution in [-0.2, 0) is 14.4 Å². The van der Waals surface area contributed by atoms with Crippen LogP contribution in [0, 0.1) is 5.92 Å². The number of carbonyl (C=O) groups is 3. The molecule has 2 amide bonds. The van der Waals surface area contributed by atoms with Crippen LogP contribution in [0.4, 0.5) is 5.69 Å². The van der Waals surface area contributed by atoms with Crippen LogP contribution in [0.3, 0.4) is 0 Å². The summed E-state index contributed by atoms with van der Waals surface area (Å²) in [5.74, 6) is -1.40. The van der Waals surface area contributed by atoms with E-state index < -0.39 is 17.9 Å². The van der Waals surface area contributed by atoms with Crippen molar-refractivity contribution >= 4 is 35.2 Å². The van der Waals surface area contributed by atoms with Crippen LogP contribution < -0.4 is 10.2 Å². The van der Waals surface area contributed by atoms with E-state index in [1.807, 2.05) is 36.6 Å². The number of hydrogen-bond acceptors (Lipinski definition) is 4. The molecule has 1 saturated heterocycles. The number of nitrogens with zero attached hydrogens (tertiary/aromatic N) is 1. The smallest absolute Gasteiger partial charge is 0.326 e. The van der Waals surface area contributed by atoms with Gasteiger partial charge in [0.05, 0.1) is 5.92 Å². The van der Waals surface area contributed by atoms with Crippen LogP contribution in [0.15, 0.2) is 30.3 Å². The number of carboxylic acid groups (broad SMARTS) is 1. The number of thioether (sulfide) groups is 1. The van der Waals surface area contributed by atoms with E-state index >= 15 is 0 Å². The Morgan fingerprint density at radius 3 is 2.70 bits per heavy atom. The zero-order valence-corrected chi connectivity index (χ0v) is 13.7. The number of aliphatic carboxylic acids is 1. The Morgan fingerprint density at radius 2 is 2.09 bits per heavy atom. The molecule has 7 heteroatoms. The van der Waals surface area contributed by atoms with Gasteiger partial charge in [-0.15, -0.1) is 0 Å². The van der Waals surface area contributed by atoms with E-state index in [-0.39, 0.29) is 24.8 Å². The van der Waals surface area contributed by atoms with Crippen molar-refractivity contribution < 1.29 is 19.5 Å². The molecule has 1 heterocycles. The van der Waals surface area contributed by atoms with Crippen LogP contribution in [0.1, 0.15) is 12.8 Å². The van der Waals surface area contributed by atoms with Crippen molar-refractivity contribution in [1.29, 1.82) is 0 Å². The quantitative estimate of drug-likeness (QED) is 0.785. The fraction of sp³-hybridized carbons (Fsp3) is 0.438. The number of amides is 2. The van der Waals surface area contributed by atoms with Crippen LogP contribution in [0.5, 0.6) is 0 Å². The first-order valence-corrected chi connectivity index (χ1v) is 8.80. The first-order valence-electron chi connectivity index (χ1n) is 7.40. The zero-order chi connectivity index (χ0) is 16.8. The van der Waals surface area contributed by atoms with Gasteiger partial charge in [-0.3, -0.25) is 9.59 Å². The summed E-state index contributed by atoms with van der Waals surface area (Å²) in [6.45, 7) is 0.281. The van der Waals surface area contributed by atoms with Crippen molar-refractivity contribution in [1.82, 2.24) is 5.32 Å². The van der Waals surface area contributed by atoms with E-state index in [1.54, 1.807) is 4.90 Å². The zero-order valence-electron chi connectivity index (χ0n) is 12.9. The number of benzene rings is 1. The molecule has 1 aliphatic rings. The highest BCUT2D eigenvalue weighted by atomic mass is 32.2. The highest BCUT2D eigenvalue weighted by Crippen LogP contribution is 2.25. The van der Waals surface area contributed by atoms with E-state index in [0.29, 0.717) is 12.2 Å². The Morgan fingerprint density at radius 1 is 1.39 bits per heavy atom. The van der Waals surface area contributed by atoms with Crippen LogP contribution in [-0.4, -0.2) is 47.5 Å². The van der Waals surface area contributed by atoms with Crippen LogP contribution in [0.25, 0.3) is 0 Å². The van der Waals surface area contributed by atoms with Crippen molar-refractivity contribution in [2.75, 3.05) is 23.5 Å². The van der Waals surface area contributed by atoms with E-state index in [2.05, 4.69) is 5.32 Å². The molecule has 0 aromatic heterocycles. The van der Waals surface area contributed by atoms with Gasteiger partial charge in [0.2, 0.25) is 11.8 Å². The molecule has 0 aliphatic carbocycles. The van der Waals surface area contributed by atoms with Gasteiger partial charge in [0.1, 0.15) is 6.04 Å². The first-order chi connectivity index (χ1) is 11.0. The molecular formula is C16H20N2O4S. The molecule has 1 aliphatic heterocycles. The predicted octanol–water partition coefficient (Wildman–Crippen LogP) is 1.36. The topological polar surface area (TPSA) is 86.7 Å². The molecule has 1 aromatic rings. The molecule has 1 unspecified atom stereocenters. The number of carboxylic acids is 1. The second-order valence-corrected chi connectivity index (χ2v) is 6.41. The van der Waals surface area contributed by atoms with Crippen LogP contribution in [0.2, 0.25) is 0 Å². The summed E-state index contributed by atoms with van der Waals surface area (Å²) in [4.78, 5) is 37.2. The maximum absolute atomic E-state index is 12.3. The molecule has 0 bridgehead atoms. The van der Waals surface area contributed by atoms with Crippen molar-refractivity contribution in [2.45, 2.75) is 18.9 Å². The molecule has 23 heavy (non-hydrogen) atoms. The van der Waals surface area contributed by atoms with Gasteiger partial charge >= 0.3 is 5.97 Å². The molecular weight excluding hydrogens is 316 g/mol. The Labute approximate surface area is 139 Å². The van der Waals surface area contributed by atoms with Crippen molar-refractivity contribution in [3.8, 4) is 0 Å². The Kier molecular flexibility index (Phi) is 6.04. The number of rotatable bonds is 7. The molecule has 1 fully saturated rings. The van der Waals surface area contributed by atoms with Gasteiger partial charge in [-0.25, -0.2) is 4.79 Å². The molecule has 0 spiro atoms. The number of hydrogen-bond donors (Lipinski definition) is 2. The average molecular weight is 336 g/mol. The minimum absolute atomic E-state index is 0.107. The fourth-order valence-electron chi connectivity index (χ4n) is 2.52. The van der Waals surface area contributed by atoms with Gasteiger partial charge < -0.3 is 15.3 Å². The van der Waals surface area contributed by atoms with Crippen LogP contribution >= 0.6 is 11.8 Å². The molecule has 6 nitrogen and oxygen atoms in total. The number of anilines is 1. The minimum atomic E-state index is -1.04. The maximum Gasteiger partial charge on any atom is 0.326 e. The highest BCUT2D eigenvalue weighted by Gasteiger charge is 2.36. The monoisotopic (exact) mass is 336 g/mol.